The van der Waals surface area contributed by atoms with Gasteiger partial charge in [0.25, 0.3) is 0 Å². The second-order valence-corrected chi connectivity index (χ2v) is 2.82. The molecule has 0 saturated carbocycles. The van der Waals surface area contributed by atoms with Crippen molar-refractivity contribution in [2.75, 3.05) is 0 Å². The largest absolute Gasteiger partial charge is 0.522 e. The summed E-state index contributed by atoms with van der Waals surface area (Å²) in [4.78, 5) is 0. The number of hydrogen-bond donors (Lipinski definition) is 1. The summed E-state index contributed by atoms with van der Waals surface area (Å²) in [5.41, 5.74) is 0. The minimum Gasteiger partial charge on any atom is -0.288 e. The molecule has 1 nitrogen and oxygen atoms in total. The lowest BCUT2D eigenvalue weighted by Crippen LogP contribution is -2.26. The molecular formula is C5H9F3OS. The smallest absolute Gasteiger partial charge is 0.288 e. The van der Waals surface area contributed by atoms with Crippen LogP contribution < -0.4 is 0 Å². The van der Waals surface area contributed by atoms with E-state index in [1.165, 1.54) is 6.92 Å². The molecule has 0 spiro atoms. The van der Waals surface area contributed by atoms with Gasteiger partial charge < -0.3 is 0 Å². The van der Waals surface area contributed by atoms with Crippen molar-refractivity contribution >= 4 is 12.6 Å². The summed E-state index contributed by atoms with van der Waals surface area (Å²) in [5.74, 6) is 0. The van der Waals surface area contributed by atoms with Crippen molar-refractivity contribution in [3.8, 4) is 0 Å². The standard InChI is InChI=1S/C5H9F3OS/c1-3(4(2)10)9-5(6,7)8/h3-4,10H,1-2H3/t3-,4?/m0/s1. The average Bonchev–Trinajstić information content (AvgIpc) is 1.60. The number of ether oxygens (including phenoxy) is 1. The summed E-state index contributed by atoms with van der Waals surface area (Å²) in [6.45, 7) is 2.87. The Morgan fingerprint density at radius 2 is 1.70 bits per heavy atom. The zero-order valence-electron chi connectivity index (χ0n) is 5.64. The van der Waals surface area contributed by atoms with Gasteiger partial charge in [0.15, 0.2) is 0 Å². The van der Waals surface area contributed by atoms with E-state index in [1.807, 2.05) is 0 Å². The van der Waals surface area contributed by atoms with Crippen LogP contribution in [0.25, 0.3) is 0 Å². The van der Waals surface area contributed by atoms with E-state index in [0.717, 1.165) is 0 Å². The van der Waals surface area contributed by atoms with Gasteiger partial charge in [-0.1, -0.05) is 6.92 Å². The predicted octanol–water partition coefficient (Wildman–Crippen LogP) is 2.23. The zero-order valence-corrected chi connectivity index (χ0v) is 6.54. The molecule has 0 N–H and O–H groups in total. The van der Waals surface area contributed by atoms with Gasteiger partial charge in [-0.25, -0.2) is 0 Å². The maximum Gasteiger partial charge on any atom is 0.522 e. The molecule has 0 aliphatic carbocycles. The van der Waals surface area contributed by atoms with Crippen molar-refractivity contribution in [2.45, 2.75) is 31.6 Å². The first-order chi connectivity index (χ1) is 4.33. The van der Waals surface area contributed by atoms with E-state index in [1.54, 1.807) is 6.92 Å². The van der Waals surface area contributed by atoms with Gasteiger partial charge in [0, 0.05) is 5.25 Å². The van der Waals surface area contributed by atoms with Crippen molar-refractivity contribution in [3.63, 3.8) is 0 Å². The topological polar surface area (TPSA) is 9.23 Å². The van der Waals surface area contributed by atoms with E-state index < -0.39 is 17.7 Å². The van der Waals surface area contributed by atoms with Gasteiger partial charge in [-0.3, -0.25) is 4.74 Å². The number of rotatable bonds is 2. The van der Waals surface area contributed by atoms with Crippen molar-refractivity contribution in [1.29, 1.82) is 0 Å². The van der Waals surface area contributed by atoms with Gasteiger partial charge in [-0.2, -0.15) is 12.6 Å². The van der Waals surface area contributed by atoms with Crippen LogP contribution in [0.5, 0.6) is 0 Å². The normalized spacial score (nSPS) is 18.6. The predicted molar refractivity (Wildman–Crippen MR) is 35.0 cm³/mol. The molecule has 0 heterocycles. The Labute approximate surface area is 63.0 Å². The number of hydrogen-bond acceptors (Lipinski definition) is 2. The van der Waals surface area contributed by atoms with Gasteiger partial charge in [-0.05, 0) is 6.92 Å². The minimum atomic E-state index is -4.55. The monoisotopic (exact) mass is 174 g/mol. The molecular weight excluding hydrogens is 165 g/mol. The number of thiol groups is 1. The van der Waals surface area contributed by atoms with Gasteiger partial charge in [0.1, 0.15) is 0 Å². The van der Waals surface area contributed by atoms with E-state index in [4.69, 9.17) is 0 Å². The molecule has 0 saturated heterocycles. The van der Waals surface area contributed by atoms with Crippen molar-refractivity contribution in [2.24, 2.45) is 0 Å². The Morgan fingerprint density at radius 1 is 1.30 bits per heavy atom. The minimum absolute atomic E-state index is 0.415. The third-order valence-corrected chi connectivity index (χ3v) is 1.42. The Balaban J connectivity index is 3.68. The first-order valence-electron chi connectivity index (χ1n) is 2.75. The fraction of sp³-hybridized carbons (Fsp3) is 1.00. The van der Waals surface area contributed by atoms with Crippen LogP contribution in [-0.2, 0) is 4.74 Å². The molecule has 0 aliphatic rings. The Hall–Kier alpha value is 0.100. The Bertz CT molecular complexity index is 102. The SMILES string of the molecule is CC(S)[C@H](C)OC(F)(F)F. The maximum atomic E-state index is 11.4. The highest BCUT2D eigenvalue weighted by Crippen LogP contribution is 2.21. The zero-order chi connectivity index (χ0) is 8.36. The Morgan fingerprint density at radius 3 is 1.80 bits per heavy atom. The molecule has 0 rings (SSSR count). The van der Waals surface area contributed by atoms with E-state index in [9.17, 15) is 13.2 Å². The molecule has 5 heteroatoms. The summed E-state index contributed by atoms with van der Waals surface area (Å²) in [6.07, 6.45) is -5.44. The fourth-order valence-electron chi connectivity index (χ4n) is 0.309. The highest BCUT2D eigenvalue weighted by Gasteiger charge is 2.32. The van der Waals surface area contributed by atoms with E-state index in [2.05, 4.69) is 17.4 Å². The molecule has 1 unspecified atom stereocenters. The first-order valence-corrected chi connectivity index (χ1v) is 3.27. The van der Waals surface area contributed by atoms with Crippen LogP contribution in [0.4, 0.5) is 13.2 Å². The first kappa shape index (κ1) is 10.1. The molecule has 0 aliphatic heterocycles. The van der Waals surface area contributed by atoms with E-state index in [0.29, 0.717) is 0 Å². The van der Waals surface area contributed by atoms with E-state index >= 15 is 0 Å². The average molecular weight is 174 g/mol. The summed E-state index contributed by atoms with van der Waals surface area (Å²) in [6, 6.07) is 0. The van der Waals surface area contributed by atoms with Crippen LogP contribution in [0.1, 0.15) is 13.8 Å². The summed E-state index contributed by atoms with van der Waals surface area (Å²) in [7, 11) is 0. The fourth-order valence-corrected chi connectivity index (χ4v) is 0.370. The second kappa shape index (κ2) is 3.48. The number of alkyl halides is 3. The molecule has 0 bridgehead atoms. The quantitative estimate of drug-likeness (QED) is 0.631. The Kier molecular flexibility index (Phi) is 3.51. The van der Waals surface area contributed by atoms with E-state index in [-0.39, 0.29) is 0 Å². The van der Waals surface area contributed by atoms with Crippen LogP contribution in [-0.4, -0.2) is 17.7 Å². The van der Waals surface area contributed by atoms with Gasteiger partial charge >= 0.3 is 6.36 Å². The molecule has 0 amide bonds. The maximum absolute atomic E-state index is 11.4. The molecule has 0 aromatic carbocycles. The summed E-state index contributed by atoms with van der Waals surface area (Å²) < 4.78 is 37.9. The highest BCUT2D eigenvalue weighted by molar-refractivity contribution is 7.81. The molecule has 0 fully saturated rings. The molecule has 0 aromatic rings. The molecule has 0 radical (unpaired) electrons. The van der Waals surface area contributed by atoms with Gasteiger partial charge in [0.05, 0.1) is 6.10 Å². The molecule has 62 valence electrons. The van der Waals surface area contributed by atoms with Crippen molar-refractivity contribution < 1.29 is 17.9 Å². The van der Waals surface area contributed by atoms with Crippen LogP contribution in [0.3, 0.4) is 0 Å². The third-order valence-electron chi connectivity index (χ3n) is 0.999. The van der Waals surface area contributed by atoms with Crippen LogP contribution in [0.2, 0.25) is 0 Å². The highest BCUT2D eigenvalue weighted by atomic mass is 32.1. The third kappa shape index (κ3) is 4.93. The molecule has 2 atom stereocenters. The van der Waals surface area contributed by atoms with Crippen LogP contribution in [0, 0.1) is 0 Å². The lowest BCUT2D eigenvalue weighted by Gasteiger charge is -2.17. The number of halogens is 3. The van der Waals surface area contributed by atoms with Gasteiger partial charge in [-0.15, -0.1) is 13.2 Å². The summed E-state index contributed by atoms with van der Waals surface area (Å²) >= 11 is 3.78. The molecule has 0 aromatic heterocycles. The van der Waals surface area contributed by atoms with Crippen molar-refractivity contribution in [1.82, 2.24) is 0 Å². The lowest BCUT2D eigenvalue weighted by atomic mass is 10.3. The van der Waals surface area contributed by atoms with Crippen molar-refractivity contribution in [3.05, 3.63) is 0 Å². The molecule has 10 heavy (non-hydrogen) atoms. The summed E-state index contributed by atoms with van der Waals surface area (Å²) in [5, 5.41) is -0.415. The lowest BCUT2D eigenvalue weighted by molar-refractivity contribution is -0.339. The van der Waals surface area contributed by atoms with Crippen LogP contribution >= 0.6 is 12.6 Å². The second-order valence-electron chi connectivity index (χ2n) is 2.01. The van der Waals surface area contributed by atoms with Gasteiger partial charge in [0.2, 0.25) is 0 Å². The van der Waals surface area contributed by atoms with Crippen LogP contribution in [0.15, 0.2) is 0 Å².